The van der Waals surface area contributed by atoms with Crippen LogP contribution in [0.15, 0.2) is 63.5 Å². The van der Waals surface area contributed by atoms with Crippen LogP contribution in [-0.4, -0.2) is 42.3 Å². The first-order valence-electron chi connectivity index (χ1n) is 10.9. The van der Waals surface area contributed by atoms with E-state index in [0.29, 0.717) is 22.7 Å². The van der Waals surface area contributed by atoms with E-state index in [-0.39, 0.29) is 18.9 Å². The van der Waals surface area contributed by atoms with E-state index < -0.39 is 5.97 Å². The summed E-state index contributed by atoms with van der Waals surface area (Å²) in [5.41, 5.74) is 7.15. The Bertz CT molecular complexity index is 1130. The maximum Gasteiger partial charge on any atom is 0.334 e. The lowest BCUT2D eigenvalue weighted by atomic mass is 9.99. The predicted octanol–water partition coefficient (Wildman–Crippen LogP) is 3.80. The lowest BCUT2D eigenvalue weighted by Crippen LogP contribution is -2.27. The minimum absolute atomic E-state index is 0.0759. The summed E-state index contributed by atoms with van der Waals surface area (Å²) < 4.78 is 5.19. The van der Waals surface area contributed by atoms with Gasteiger partial charge in [-0.3, -0.25) is 4.79 Å². The second-order valence-electron chi connectivity index (χ2n) is 7.80. The number of nitrogens with two attached hydrogens (primary N) is 1. The minimum Gasteiger partial charge on any atom is -0.463 e. The lowest BCUT2D eigenvalue weighted by molar-refractivity contribution is -0.138. The zero-order valence-corrected chi connectivity index (χ0v) is 18.5. The van der Waals surface area contributed by atoms with Crippen LogP contribution in [-0.2, 0) is 9.53 Å². The third-order valence-corrected chi connectivity index (χ3v) is 5.60. The summed E-state index contributed by atoms with van der Waals surface area (Å²) in [6, 6.07) is 13.4. The van der Waals surface area contributed by atoms with E-state index in [0.717, 1.165) is 42.6 Å². The molecule has 0 saturated carbocycles. The van der Waals surface area contributed by atoms with Gasteiger partial charge in [-0.15, -0.1) is 0 Å². The number of ether oxygens (including phenoxy) is 1. The molecule has 2 aliphatic heterocycles. The molecule has 0 unspecified atom stereocenters. The van der Waals surface area contributed by atoms with Crippen molar-refractivity contribution in [3.8, 4) is 11.1 Å². The number of esters is 1. The van der Waals surface area contributed by atoms with Crippen molar-refractivity contribution in [2.24, 2.45) is 21.3 Å². The highest BCUT2D eigenvalue weighted by Crippen LogP contribution is 2.32. The van der Waals surface area contributed by atoms with Crippen LogP contribution < -0.4 is 11.3 Å². The molecule has 170 valence electrons. The predicted molar refractivity (Wildman–Crippen MR) is 126 cm³/mol. The Morgan fingerprint density at radius 3 is 2.55 bits per heavy atom. The van der Waals surface area contributed by atoms with Crippen molar-refractivity contribution < 1.29 is 14.3 Å². The fourth-order valence-corrected chi connectivity index (χ4v) is 3.97. The van der Waals surface area contributed by atoms with Crippen LogP contribution in [0, 0.1) is 0 Å². The molecule has 2 aromatic carbocycles. The summed E-state index contributed by atoms with van der Waals surface area (Å²) in [6.45, 7) is 3.68. The number of nitrogens with one attached hydrogen (secondary N) is 1. The van der Waals surface area contributed by atoms with E-state index in [2.05, 4.69) is 20.9 Å². The highest BCUT2D eigenvalue weighted by molar-refractivity contribution is 6.03. The Balaban J connectivity index is 1.64. The Kier molecular flexibility index (Phi) is 6.77. The third-order valence-electron chi connectivity index (χ3n) is 5.60. The van der Waals surface area contributed by atoms with E-state index in [1.54, 1.807) is 13.0 Å². The van der Waals surface area contributed by atoms with Gasteiger partial charge < -0.3 is 15.5 Å². The van der Waals surface area contributed by atoms with Crippen LogP contribution in [0.25, 0.3) is 17.2 Å². The van der Waals surface area contributed by atoms with Gasteiger partial charge in [0.05, 0.1) is 12.3 Å². The quantitative estimate of drug-likeness (QED) is 0.313. The number of benzene rings is 2. The number of carbonyl (C=O) groups excluding carboxylic acids is 2. The molecule has 9 nitrogen and oxygen atoms in total. The van der Waals surface area contributed by atoms with Gasteiger partial charge in [0.1, 0.15) is 5.84 Å². The van der Waals surface area contributed by atoms with E-state index in [9.17, 15) is 9.59 Å². The van der Waals surface area contributed by atoms with Crippen LogP contribution in [0.3, 0.4) is 0 Å². The van der Waals surface area contributed by atoms with Crippen molar-refractivity contribution in [3.63, 3.8) is 0 Å². The number of hydrogen-bond donors (Lipinski definition) is 2. The maximum atomic E-state index is 12.6. The number of rotatable bonds is 5. The first-order valence-corrected chi connectivity index (χ1v) is 10.9. The summed E-state index contributed by atoms with van der Waals surface area (Å²) in [5.74, 6) is 5.17. The molecule has 9 heteroatoms. The summed E-state index contributed by atoms with van der Waals surface area (Å²) in [6.07, 6.45) is 4.11. The smallest absolute Gasteiger partial charge is 0.334 e. The molecule has 2 heterocycles. The van der Waals surface area contributed by atoms with Gasteiger partial charge in [0.2, 0.25) is 0 Å². The van der Waals surface area contributed by atoms with Crippen molar-refractivity contribution in [1.29, 1.82) is 0 Å². The molecule has 0 spiro atoms. The van der Waals surface area contributed by atoms with Crippen molar-refractivity contribution in [2.45, 2.75) is 26.2 Å². The summed E-state index contributed by atoms with van der Waals surface area (Å²) in [7, 11) is 0. The zero-order valence-electron chi connectivity index (χ0n) is 18.5. The van der Waals surface area contributed by atoms with Crippen LogP contribution in [0.5, 0.6) is 0 Å². The second-order valence-corrected chi connectivity index (χ2v) is 7.80. The maximum absolute atomic E-state index is 12.6. The van der Waals surface area contributed by atoms with Crippen molar-refractivity contribution in [3.05, 3.63) is 59.2 Å². The molecule has 0 atom stereocenters. The monoisotopic (exact) mass is 446 g/mol. The molecular formula is C24H26N6O3. The molecule has 33 heavy (non-hydrogen) atoms. The molecule has 2 aliphatic rings. The summed E-state index contributed by atoms with van der Waals surface area (Å²) >= 11 is 0. The van der Waals surface area contributed by atoms with Crippen LogP contribution in [0.4, 0.5) is 5.69 Å². The van der Waals surface area contributed by atoms with Crippen LogP contribution in [0.1, 0.15) is 42.1 Å². The number of likely N-dealkylation sites (tertiary alicyclic amines) is 1. The molecule has 1 saturated heterocycles. The molecular weight excluding hydrogens is 420 g/mol. The number of fused-ring (bicyclic) bond motifs is 1. The van der Waals surface area contributed by atoms with Gasteiger partial charge in [-0.2, -0.15) is 0 Å². The van der Waals surface area contributed by atoms with Gasteiger partial charge in [-0.1, -0.05) is 28.6 Å². The highest BCUT2D eigenvalue weighted by Gasteiger charge is 2.20. The Morgan fingerprint density at radius 1 is 1.12 bits per heavy atom. The Morgan fingerprint density at radius 2 is 1.85 bits per heavy atom. The van der Waals surface area contributed by atoms with Gasteiger partial charge in [0, 0.05) is 36.2 Å². The summed E-state index contributed by atoms with van der Waals surface area (Å²) in [5, 5.41) is 6.77. The van der Waals surface area contributed by atoms with Crippen molar-refractivity contribution >= 4 is 29.5 Å². The van der Waals surface area contributed by atoms with Crippen LogP contribution >= 0.6 is 0 Å². The first-order chi connectivity index (χ1) is 16.1. The molecule has 3 N–H and O–H groups in total. The highest BCUT2D eigenvalue weighted by atomic mass is 16.5. The largest absolute Gasteiger partial charge is 0.463 e. The number of amidine groups is 1. The molecule has 1 amide bonds. The van der Waals surface area contributed by atoms with E-state index >= 15 is 0 Å². The van der Waals surface area contributed by atoms with Crippen molar-refractivity contribution in [2.75, 3.05) is 19.7 Å². The number of nitrogens with zero attached hydrogens (tertiary/aromatic N) is 4. The van der Waals surface area contributed by atoms with Gasteiger partial charge in [0.25, 0.3) is 5.91 Å². The minimum atomic E-state index is -0.417. The number of amides is 1. The van der Waals surface area contributed by atoms with E-state index in [1.807, 2.05) is 47.4 Å². The average molecular weight is 447 g/mol. The third kappa shape index (κ3) is 5.08. The topological polar surface area (TPSA) is 122 Å². The molecule has 0 radical (unpaired) electrons. The second kappa shape index (κ2) is 10.1. The molecule has 4 rings (SSSR count). The fraction of sp³-hybridized carbons (Fsp3) is 0.292. The normalized spacial score (nSPS) is 15.5. The first kappa shape index (κ1) is 22.2. The molecule has 0 aromatic heterocycles. The number of carbonyl (C=O) groups is 2. The number of hydrogen-bond acceptors (Lipinski definition) is 6. The Hall–Kier alpha value is -4.01. The number of aliphatic imine (C=N–C) groups is 1. The van der Waals surface area contributed by atoms with E-state index in [1.165, 1.54) is 0 Å². The summed E-state index contributed by atoms with van der Waals surface area (Å²) in [4.78, 5) is 31.5. The van der Waals surface area contributed by atoms with Gasteiger partial charge in [0.15, 0.2) is 0 Å². The van der Waals surface area contributed by atoms with Gasteiger partial charge in [-0.05, 0) is 61.2 Å². The van der Waals surface area contributed by atoms with Crippen LogP contribution in [0.2, 0.25) is 0 Å². The van der Waals surface area contributed by atoms with E-state index in [4.69, 9.17) is 10.6 Å². The average Bonchev–Trinajstić information content (AvgIpc) is 3.31. The van der Waals surface area contributed by atoms with Crippen molar-refractivity contribution in [1.82, 2.24) is 10.3 Å². The van der Waals surface area contributed by atoms with Gasteiger partial charge in [-0.25, -0.2) is 15.2 Å². The molecule has 1 fully saturated rings. The molecule has 0 aliphatic carbocycles. The molecule has 2 aromatic rings. The van der Waals surface area contributed by atoms with Gasteiger partial charge >= 0.3 is 5.97 Å². The zero-order chi connectivity index (χ0) is 23.2. The molecule has 0 bridgehead atoms. The lowest BCUT2D eigenvalue weighted by Gasteiger charge is -2.15. The Labute approximate surface area is 192 Å². The fourth-order valence-electron chi connectivity index (χ4n) is 3.97. The standard InChI is InChI=1S/C24H26N6O3/c1-2-33-24(32)20-14-19-13-18(9-10-21(19)26-22(15-20)27-29-28-25)16-5-7-17(8-6-16)23(31)30-11-3-4-12-30/h5-10,13-14H,2-4,11-12,15H2,1H3,(H2,25,29)(H,26,27,28). The SMILES string of the molecule is CCOC(=O)C1=Cc2cc(-c3ccc(C(=O)N4CCCC4)cc3)ccc2N=C(NN=NN)C1.